The number of benzene rings is 1. The fraction of sp³-hybridized carbons (Fsp3) is 0.500. The van der Waals surface area contributed by atoms with E-state index in [0.717, 1.165) is 5.69 Å². The number of rotatable bonds is 5. The van der Waals surface area contributed by atoms with Crippen LogP contribution in [0, 0.1) is 0 Å². The first-order valence-corrected chi connectivity index (χ1v) is 6.35. The van der Waals surface area contributed by atoms with E-state index in [-0.39, 0.29) is 6.04 Å². The zero-order valence-electron chi connectivity index (χ0n) is 12.4. The smallest absolute Gasteiger partial charge is 0.407 e. The standard InChI is InChI=1S/C14H23N3O2/c1-16(2)12-8-6-11(7-9-12)13(17(3)4)10-15-14(18)19-5/h6-9,13H,10H2,1-5H3,(H,15,18)/p+1/t13-/m0/s1. The highest BCUT2D eigenvalue weighted by atomic mass is 16.5. The van der Waals surface area contributed by atoms with Crippen LogP contribution in [0.15, 0.2) is 24.3 Å². The summed E-state index contributed by atoms with van der Waals surface area (Å²) in [5.74, 6) is 0. The number of carbonyl (C=O) groups excluding carboxylic acids is 1. The topological polar surface area (TPSA) is 46.0 Å². The molecule has 1 amide bonds. The first-order valence-electron chi connectivity index (χ1n) is 6.35. The second kappa shape index (κ2) is 6.99. The maximum Gasteiger partial charge on any atom is 0.407 e. The summed E-state index contributed by atoms with van der Waals surface area (Å²) in [4.78, 5) is 14.5. The van der Waals surface area contributed by atoms with Crippen LogP contribution in [0.3, 0.4) is 0 Å². The highest BCUT2D eigenvalue weighted by molar-refractivity contribution is 5.66. The van der Waals surface area contributed by atoms with Crippen LogP contribution >= 0.6 is 0 Å². The average molecular weight is 266 g/mol. The van der Waals surface area contributed by atoms with E-state index >= 15 is 0 Å². The summed E-state index contributed by atoms with van der Waals surface area (Å²) in [7, 11) is 9.55. The van der Waals surface area contributed by atoms with Crippen molar-refractivity contribution in [2.45, 2.75) is 6.04 Å². The molecule has 0 saturated heterocycles. The third-order valence-electron chi connectivity index (χ3n) is 3.14. The van der Waals surface area contributed by atoms with Gasteiger partial charge < -0.3 is 19.9 Å². The Bertz CT molecular complexity index is 402. The van der Waals surface area contributed by atoms with Crippen molar-refractivity contribution in [1.82, 2.24) is 5.32 Å². The van der Waals surface area contributed by atoms with Crippen molar-refractivity contribution in [3.8, 4) is 0 Å². The molecule has 0 heterocycles. The molecule has 0 fully saturated rings. The maximum absolute atomic E-state index is 11.2. The predicted octanol–water partition coefficient (Wildman–Crippen LogP) is 0.294. The molecule has 0 aliphatic rings. The number of nitrogens with one attached hydrogen (secondary N) is 2. The number of hydrogen-bond donors (Lipinski definition) is 2. The lowest BCUT2D eigenvalue weighted by Crippen LogP contribution is -3.07. The van der Waals surface area contributed by atoms with Gasteiger partial charge >= 0.3 is 6.09 Å². The van der Waals surface area contributed by atoms with Gasteiger partial charge in [-0.2, -0.15) is 0 Å². The lowest BCUT2D eigenvalue weighted by molar-refractivity contribution is -0.890. The lowest BCUT2D eigenvalue weighted by Gasteiger charge is -2.22. The number of anilines is 1. The van der Waals surface area contributed by atoms with Gasteiger partial charge in [-0.1, -0.05) is 12.1 Å². The molecular weight excluding hydrogens is 242 g/mol. The van der Waals surface area contributed by atoms with Gasteiger partial charge in [0.15, 0.2) is 0 Å². The molecule has 2 N–H and O–H groups in total. The van der Waals surface area contributed by atoms with E-state index in [1.165, 1.54) is 17.6 Å². The first kappa shape index (κ1) is 15.3. The Hall–Kier alpha value is -1.75. The molecule has 0 aliphatic heterocycles. The number of methoxy groups -OCH3 is 1. The Balaban J connectivity index is 2.78. The van der Waals surface area contributed by atoms with Gasteiger partial charge in [0.05, 0.1) is 27.7 Å². The number of hydrogen-bond acceptors (Lipinski definition) is 3. The van der Waals surface area contributed by atoms with Crippen LogP contribution < -0.4 is 15.1 Å². The summed E-state index contributed by atoms with van der Waals surface area (Å²) in [6, 6.07) is 8.58. The van der Waals surface area contributed by atoms with Crippen LogP contribution in [0.4, 0.5) is 10.5 Å². The molecule has 0 saturated carbocycles. The van der Waals surface area contributed by atoms with E-state index in [9.17, 15) is 4.79 Å². The second-order valence-electron chi connectivity index (χ2n) is 4.99. The summed E-state index contributed by atoms with van der Waals surface area (Å²) in [6.07, 6.45) is -0.392. The fourth-order valence-electron chi connectivity index (χ4n) is 1.92. The molecule has 0 spiro atoms. The van der Waals surface area contributed by atoms with Crippen molar-refractivity contribution in [3.63, 3.8) is 0 Å². The minimum Gasteiger partial charge on any atom is -0.453 e. The molecular formula is C14H24N3O2+. The summed E-state index contributed by atoms with van der Waals surface area (Å²) < 4.78 is 4.60. The van der Waals surface area contributed by atoms with E-state index in [1.54, 1.807) is 0 Å². The molecule has 1 atom stereocenters. The molecule has 106 valence electrons. The van der Waals surface area contributed by atoms with Crippen LogP contribution in [0.1, 0.15) is 11.6 Å². The van der Waals surface area contributed by atoms with Gasteiger partial charge in [-0.25, -0.2) is 4.79 Å². The van der Waals surface area contributed by atoms with E-state index in [4.69, 9.17) is 0 Å². The van der Waals surface area contributed by atoms with E-state index in [2.05, 4.69) is 53.3 Å². The predicted molar refractivity (Wildman–Crippen MR) is 76.7 cm³/mol. The fourth-order valence-corrected chi connectivity index (χ4v) is 1.92. The van der Waals surface area contributed by atoms with Gasteiger partial charge in [-0.05, 0) is 12.1 Å². The third-order valence-corrected chi connectivity index (χ3v) is 3.14. The summed E-state index contributed by atoms with van der Waals surface area (Å²) in [6.45, 7) is 0.552. The number of ether oxygens (including phenoxy) is 1. The lowest BCUT2D eigenvalue weighted by atomic mass is 10.1. The SMILES string of the molecule is COC(=O)NC[C@@H](c1ccc(N(C)C)cc1)[NH+](C)C. The van der Waals surface area contributed by atoms with E-state index < -0.39 is 6.09 Å². The number of quaternary nitrogens is 1. The Morgan fingerprint density at radius 1 is 1.32 bits per heavy atom. The van der Waals surface area contributed by atoms with Crippen molar-refractivity contribution >= 4 is 11.8 Å². The number of nitrogens with zero attached hydrogens (tertiary/aromatic N) is 1. The molecule has 1 rings (SSSR count). The highest BCUT2D eigenvalue weighted by Crippen LogP contribution is 2.15. The number of carbonyl (C=O) groups is 1. The minimum absolute atomic E-state index is 0.204. The van der Waals surface area contributed by atoms with Crippen LogP contribution in [0.25, 0.3) is 0 Å². The van der Waals surface area contributed by atoms with Crippen molar-refractivity contribution in [3.05, 3.63) is 29.8 Å². The van der Waals surface area contributed by atoms with Crippen molar-refractivity contribution in [1.29, 1.82) is 0 Å². The van der Waals surface area contributed by atoms with Crippen LogP contribution in [0.5, 0.6) is 0 Å². The average Bonchev–Trinajstić information content (AvgIpc) is 2.38. The third kappa shape index (κ3) is 4.44. The first-order chi connectivity index (χ1) is 8.95. The molecule has 5 nitrogen and oxygen atoms in total. The van der Waals surface area contributed by atoms with Crippen molar-refractivity contribution in [2.24, 2.45) is 0 Å². The zero-order chi connectivity index (χ0) is 14.4. The largest absolute Gasteiger partial charge is 0.453 e. The molecule has 5 heteroatoms. The molecule has 0 bridgehead atoms. The minimum atomic E-state index is -0.392. The van der Waals surface area contributed by atoms with Crippen molar-refractivity contribution < 1.29 is 14.4 Å². The van der Waals surface area contributed by atoms with Gasteiger partial charge in [-0.3, -0.25) is 0 Å². The molecule has 1 aromatic carbocycles. The van der Waals surface area contributed by atoms with Crippen LogP contribution in [-0.2, 0) is 4.74 Å². The zero-order valence-corrected chi connectivity index (χ0v) is 12.4. The quantitative estimate of drug-likeness (QED) is 0.805. The monoisotopic (exact) mass is 266 g/mol. The van der Waals surface area contributed by atoms with Crippen molar-refractivity contribution in [2.75, 3.05) is 46.7 Å². The van der Waals surface area contributed by atoms with E-state index in [0.29, 0.717) is 6.54 Å². The van der Waals surface area contributed by atoms with Gasteiger partial charge in [0.2, 0.25) is 0 Å². The molecule has 0 aromatic heterocycles. The summed E-state index contributed by atoms with van der Waals surface area (Å²) >= 11 is 0. The van der Waals surface area contributed by atoms with Gasteiger partial charge in [-0.15, -0.1) is 0 Å². The van der Waals surface area contributed by atoms with Gasteiger partial charge in [0.25, 0.3) is 0 Å². The molecule has 19 heavy (non-hydrogen) atoms. The Labute approximate surface area is 115 Å². The Kier molecular flexibility index (Phi) is 5.63. The maximum atomic E-state index is 11.2. The van der Waals surface area contributed by atoms with Crippen LogP contribution in [0.2, 0.25) is 0 Å². The number of alkyl carbamates (subject to hydrolysis) is 1. The Morgan fingerprint density at radius 2 is 1.89 bits per heavy atom. The summed E-state index contributed by atoms with van der Waals surface area (Å²) in [5, 5.41) is 2.76. The van der Waals surface area contributed by atoms with Gasteiger partial charge in [0.1, 0.15) is 6.04 Å². The number of amides is 1. The molecule has 1 aromatic rings. The molecule has 0 unspecified atom stereocenters. The highest BCUT2D eigenvalue weighted by Gasteiger charge is 2.18. The summed E-state index contributed by atoms with van der Waals surface area (Å²) in [5.41, 5.74) is 2.36. The van der Waals surface area contributed by atoms with Gasteiger partial charge in [0, 0.05) is 25.3 Å². The van der Waals surface area contributed by atoms with E-state index in [1.807, 2.05) is 14.1 Å². The molecule has 0 aliphatic carbocycles. The molecule has 0 radical (unpaired) electrons. The normalized spacial score (nSPS) is 12.1. The number of likely N-dealkylation sites (N-methyl/N-ethyl adjacent to an activating group) is 1. The van der Waals surface area contributed by atoms with Crippen LogP contribution in [-0.4, -0.2) is 47.9 Å². The second-order valence-corrected chi connectivity index (χ2v) is 4.99. The Morgan fingerprint density at radius 3 is 2.32 bits per heavy atom.